The standard InChI is InChI=1S/C52H71N3O8S2Si2/c1-50(2,3)66(8,9)62-42(37-21-23-41(56)46-38(37)22-24-45(57)54-46)33-53-26-25-34-17-19-35(20-18-34)59-28-14-27-55(7)39-31-36(32-40(55)48-47(39)61-48)60-49(58)52(43-15-12-29-64-43,44-16-13-30-65-44)63-67(10,11)51(4,5)6/h12-13,15-24,29-30,36,39-40,42,47-48,53H,14,25-28,31-33H2,1-11H3,(H-,54,56,57)/p+1/t36?,39?,40?,42-,47?,48?,55?/m0/s1. The molecule has 3 aromatic heterocycles. The minimum absolute atomic E-state index is 0.00476. The number of hydrogen-bond acceptors (Lipinski definition) is 11. The number of aromatic hydroxyl groups is 1. The number of phenols is 1. The second kappa shape index (κ2) is 18.9. The van der Waals surface area contributed by atoms with E-state index >= 15 is 0 Å². The van der Waals surface area contributed by atoms with Gasteiger partial charge in [0, 0.05) is 37.3 Å². The topological polar surface area (TPSA) is 132 Å². The van der Waals surface area contributed by atoms with Crippen molar-refractivity contribution in [1.82, 2.24) is 10.3 Å². The fourth-order valence-corrected chi connectivity index (χ4v) is 14.4. The summed E-state index contributed by atoms with van der Waals surface area (Å²) >= 11 is 3.11. The maximum Gasteiger partial charge on any atom is 0.348 e. The van der Waals surface area contributed by atoms with Gasteiger partial charge in [0.1, 0.15) is 41.9 Å². The van der Waals surface area contributed by atoms with Gasteiger partial charge >= 0.3 is 5.97 Å². The summed E-state index contributed by atoms with van der Waals surface area (Å²) in [5.74, 6) is 0.608. The van der Waals surface area contributed by atoms with Gasteiger partial charge in [0.25, 0.3) is 0 Å². The lowest BCUT2D eigenvalue weighted by molar-refractivity contribution is -0.956. The molecule has 11 nitrogen and oxygen atoms in total. The molecule has 67 heavy (non-hydrogen) atoms. The number of aromatic nitrogens is 1. The van der Waals surface area contributed by atoms with Gasteiger partial charge in [0.2, 0.25) is 11.2 Å². The summed E-state index contributed by atoms with van der Waals surface area (Å²) in [5.41, 5.74) is 1.03. The second-order valence-corrected chi connectivity index (χ2v) is 33.6. The number of thiophene rings is 2. The molecule has 0 radical (unpaired) electrons. The Morgan fingerprint density at radius 3 is 2.09 bits per heavy atom. The first-order valence-electron chi connectivity index (χ1n) is 24.0. The summed E-state index contributed by atoms with van der Waals surface area (Å²) in [5, 5.41) is 18.9. The van der Waals surface area contributed by atoms with E-state index in [0.29, 0.717) is 18.7 Å². The minimum atomic E-state index is -2.45. The van der Waals surface area contributed by atoms with Crippen LogP contribution in [0.3, 0.4) is 0 Å². The van der Waals surface area contributed by atoms with E-state index in [4.69, 9.17) is 23.1 Å². The van der Waals surface area contributed by atoms with Crippen molar-refractivity contribution in [1.29, 1.82) is 0 Å². The number of H-pyrrole nitrogens is 1. The zero-order valence-electron chi connectivity index (χ0n) is 41.3. The lowest BCUT2D eigenvalue weighted by atomic mass is 9.94. The smallest absolute Gasteiger partial charge is 0.348 e. The van der Waals surface area contributed by atoms with Gasteiger partial charge in [-0.1, -0.05) is 71.9 Å². The van der Waals surface area contributed by atoms with Crippen molar-refractivity contribution in [3.8, 4) is 11.5 Å². The number of nitrogens with one attached hydrogen (secondary N) is 2. The quantitative estimate of drug-likeness (QED) is 0.0243. The first-order chi connectivity index (χ1) is 31.5. The van der Waals surface area contributed by atoms with Crippen LogP contribution in [-0.4, -0.2) is 101 Å². The number of quaternary nitrogens is 1. The van der Waals surface area contributed by atoms with Crippen molar-refractivity contribution in [3.63, 3.8) is 0 Å². The van der Waals surface area contributed by atoms with Gasteiger partial charge in [0.05, 0.1) is 41.6 Å². The molecule has 15 heteroatoms. The van der Waals surface area contributed by atoms with Gasteiger partial charge in [-0.25, -0.2) is 4.79 Å². The molecular weight excluding hydrogens is 915 g/mol. The van der Waals surface area contributed by atoms with E-state index in [2.05, 4.69) is 109 Å². The van der Waals surface area contributed by atoms with E-state index in [-0.39, 0.29) is 63.9 Å². The fraction of sp³-hybridized carbons (Fsp3) is 0.538. The summed E-state index contributed by atoms with van der Waals surface area (Å²) in [7, 11) is -2.27. The van der Waals surface area contributed by atoms with Crippen molar-refractivity contribution in [2.24, 2.45) is 0 Å². The highest BCUT2D eigenvalue weighted by Gasteiger charge is 2.72. The first-order valence-corrected chi connectivity index (χ1v) is 31.6. The average Bonchev–Trinajstić information content (AvgIpc) is 3.53. The van der Waals surface area contributed by atoms with Crippen LogP contribution in [-0.2, 0) is 35.1 Å². The summed E-state index contributed by atoms with van der Waals surface area (Å²) in [6.45, 7) is 25.2. The van der Waals surface area contributed by atoms with Gasteiger partial charge < -0.3 is 43.0 Å². The molecule has 8 rings (SSSR count). The number of carbonyl (C=O) groups is 1. The number of benzene rings is 2. The molecule has 3 aliphatic rings. The fourth-order valence-electron chi connectivity index (χ4n) is 9.78. The molecule has 3 aliphatic heterocycles. The number of phenolic OH excluding ortho intramolecular Hbond substituents is 1. The van der Waals surface area contributed by atoms with Crippen LogP contribution >= 0.6 is 22.7 Å². The van der Waals surface area contributed by atoms with E-state index in [1.54, 1.807) is 34.8 Å². The number of fused-ring (bicyclic) bond motifs is 6. The summed E-state index contributed by atoms with van der Waals surface area (Å²) in [6, 6.07) is 23.8. The number of rotatable bonds is 19. The highest BCUT2D eigenvalue weighted by atomic mass is 32.1. The minimum Gasteiger partial charge on any atom is -0.506 e. The van der Waals surface area contributed by atoms with Crippen LogP contribution in [0, 0.1) is 0 Å². The molecule has 362 valence electrons. The maximum atomic E-state index is 14.9. The third kappa shape index (κ3) is 10.0. The summed E-state index contributed by atoms with van der Waals surface area (Å²) < 4.78 is 34.3. The zero-order chi connectivity index (χ0) is 48.2. The van der Waals surface area contributed by atoms with Crippen molar-refractivity contribution in [2.75, 3.05) is 33.3 Å². The van der Waals surface area contributed by atoms with Crippen molar-refractivity contribution < 1.29 is 37.4 Å². The van der Waals surface area contributed by atoms with E-state index in [1.165, 1.54) is 11.6 Å². The normalized spacial score (nSPS) is 23.5. The second-order valence-electron chi connectivity index (χ2n) is 22.2. The molecule has 0 spiro atoms. The number of aromatic amines is 1. The van der Waals surface area contributed by atoms with Gasteiger partial charge in [-0.2, -0.15) is 0 Å². The molecule has 6 heterocycles. The Balaban J connectivity index is 0.845. The number of ether oxygens (including phenoxy) is 3. The molecule has 2 aromatic carbocycles. The van der Waals surface area contributed by atoms with Gasteiger partial charge in [-0.05, 0) is 108 Å². The summed E-state index contributed by atoms with van der Waals surface area (Å²) in [4.78, 5) is 31.5. The molecule has 0 saturated carbocycles. The number of nitrogens with zero attached hydrogens (tertiary/aromatic N) is 1. The molecule has 3 saturated heterocycles. The number of esters is 1. The number of pyridine rings is 1. The van der Waals surface area contributed by atoms with Gasteiger partial charge in [0.15, 0.2) is 16.6 Å². The number of morpholine rings is 1. The molecule has 0 amide bonds. The lowest BCUT2D eigenvalue weighted by Gasteiger charge is -2.49. The van der Waals surface area contributed by atoms with Crippen molar-refractivity contribution in [2.45, 2.75) is 146 Å². The van der Waals surface area contributed by atoms with Crippen molar-refractivity contribution >= 4 is 56.2 Å². The van der Waals surface area contributed by atoms with Gasteiger partial charge in [-0.15, -0.1) is 22.7 Å². The van der Waals surface area contributed by atoms with Crippen LogP contribution in [0.4, 0.5) is 0 Å². The van der Waals surface area contributed by atoms with Gasteiger partial charge in [-0.3, -0.25) is 4.79 Å². The Kier molecular flexibility index (Phi) is 14.1. The predicted molar refractivity (Wildman–Crippen MR) is 274 cm³/mol. The maximum absolute atomic E-state index is 14.9. The number of piperidine rings is 1. The van der Waals surface area contributed by atoms with Crippen LogP contribution in [0.2, 0.25) is 36.3 Å². The molecule has 0 aliphatic carbocycles. The molecule has 3 N–H and O–H groups in total. The van der Waals surface area contributed by atoms with E-state index in [9.17, 15) is 14.7 Å². The molecule has 4 unspecified atom stereocenters. The number of hydrogen-bond donors (Lipinski definition) is 3. The Bertz CT molecular complexity index is 2500. The first kappa shape index (κ1) is 49.8. The SMILES string of the molecule is CC(C)(C)[Si](C)(C)O[C@@H](CNCCc1ccc(OCCC[N+]2(C)C3CC(OC(=O)C(O[Si](C)(C)C(C)(C)C)(c4cccs4)c4cccs4)CC2C2OC23)cc1)c1ccc(O)c2[nH]c(=O)ccc12. The Hall–Kier alpha value is -3.65. The Labute approximate surface area is 407 Å². The predicted octanol–water partition coefficient (Wildman–Crippen LogP) is 10.7. The largest absolute Gasteiger partial charge is 0.506 e. The Morgan fingerprint density at radius 1 is 0.881 bits per heavy atom. The highest BCUT2D eigenvalue weighted by Crippen LogP contribution is 2.54. The highest BCUT2D eigenvalue weighted by molar-refractivity contribution is 7.12. The van der Waals surface area contributed by atoms with E-state index < -0.39 is 22.2 Å². The number of likely N-dealkylation sites (N-methyl/N-ethyl adjacent to an activating group) is 1. The van der Waals surface area contributed by atoms with E-state index in [1.807, 2.05) is 41.1 Å². The zero-order valence-corrected chi connectivity index (χ0v) is 44.9. The molecule has 5 atom stereocenters. The average molecular weight is 987 g/mol. The van der Waals surface area contributed by atoms with Crippen molar-refractivity contribution in [3.05, 3.63) is 115 Å². The molecule has 3 fully saturated rings. The van der Waals surface area contributed by atoms with E-state index in [0.717, 1.165) is 69.7 Å². The van der Waals surface area contributed by atoms with Crippen LogP contribution in [0.1, 0.15) is 87.8 Å². The number of epoxide rings is 1. The summed E-state index contributed by atoms with van der Waals surface area (Å²) in [6.07, 6.45) is 3.22. The Morgan fingerprint density at radius 2 is 1.51 bits per heavy atom. The molecule has 5 aromatic rings. The van der Waals surface area contributed by atoms with Crippen LogP contribution in [0.15, 0.2) is 88.4 Å². The van der Waals surface area contributed by atoms with Crippen LogP contribution < -0.4 is 15.6 Å². The molecular formula is C52H72N3O8S2Si2+. The van der Waals surface area contributed by atoms with Crippen LogP contribution in [0.25, 0.3) is 10.9 Å². The third-order valence-electron chi connectivity index (χ3n) is 15.7. The third-order valence-corrected chi connectivity index (χ3v) is 26.6. The van der Waals surface area contributed by atoms with Crippen LogP contribution in [0.5, 0.6) is 11.5 Å². The monoisotopic (exact) mass is 986 g/mol. The molecule has 2 bridgehead atoms. The number of carbonyl (C=O) groups excluding carboxylic acids is 1. The lowest BCUT2D eigenvalue weighted by Crippen LogP contribution is -2.63.